The number of hydrogen-bond donors (Lipinski definition) is 3. The van der Waals surface area contributed by atoms with Gasteiger partial charge in [0.1, 0.15) is 12.4 Å². The highest BCUT2D eigenvalue weighted by molar-refractivity contribution is 5.73. The Labute approximate surface area is 154 Å². The van der Waals surface area contributed by atoms with E-state index in [0.717, 1.165) is 11.3 Å². The van der Waals surface area contributed by atoms with Crippen LogP contribution in [0.15, 0.2) is 48.8 Å². The van der Waals surface area contributed by atoms with Crippen LogP contribution < -0.4 is 20.1 Å². The average Bonchev–Trinajstić information content (AvgIpc) is 3.15. The lowest BCUT2D eigenvalue weighted by Crippen LogP contribution is -2.15. The summed E-state index contributed by atoms with van der Waals surface area (Å²) in [7, 11) is 0. The first-order chi connectivity index (χ1) is 13.2. The van der Waals surface area contributed by atoms with Crippen molar-refractivity contribution in [2.45, 2.75) is 0 Å². The molecule has 0 atom stereocenters. The van der Waals surface area contributed by atoms with Gasteiger partial charge in [-0.1, -0.05) is 0 Å². The molecule has 0 unspecified atom stereocenters. The van der Waals surface area contributed by atoms with E-state index in [0.29, 0.717) is 23.0 Å². The van der Waals surface area contributed by atoms with E-state index in [1.54, 1.807) is 30.6 Å². The topological polar surface area (TPSA) is 118 Å². The molecule has 136 valence electrons. The number of nitrogens with zero attached hydrogens (tertiary/aromatic N) is 3. The van der Waals surface area contributed by atoms with Gasteiger partial charge >= 0.3 is 5.97 Å². The lowest BCUT2D eigenvalue weighted by Gasteiger charge is -2.11. The standard InChI is InChI=1S/C18H15N5O4/c24-17(25)9-20-18-22-13(11-3-5-19-6-4-11)8-16(23-18)21-12-1-2-14-15(7-12)27-10-26-14/h1-8H,9-10H2,(H,24,25)(H2,20,21,22,23). The summed E-state index contributed by atoms with van der Waals surface area (Å²) in [5.74, 6) is 1.04. The van der Waals surface area contributed by atoms with Crippen LogP contribution in [0, 0.1) is 0 Å². The molecule has 1 aliphatic rings. The number of aromatic nitrogens is 3. The molecule has 0 spiro atoms. The second kappa shape index (κ2) is 7.16. The van der Waals surface area contributed by atoms with Gasteiger partial charge in [-0.25, -0.2) is 4.98 Å². The van der Waals surface area contributed by atoms with Crippen molar-refractivity contribution in [3.05, 3.63) is 48.8 Å². The fourth-order valence-electron chi connectivity index (χ4n) is 2.54. The van der Waals surface area contributed by atoms with E-state index >= 15 is 0 Å². The Morgan fingerprint density at radius 2 is 1.89 bits per heavy atom. The minimum absolute atomic E-state index is 0.196. The maximum absolute atomic E-state index is 10.8. The smallest absolute Gasteiger partial charge is 0.322 e. The molecular weight excluding hydrogens is 350 g/mol. The largest absolute Gasteiger partial charge is 0.480 e. The molecule has 1 aromatic carbocycles. The number of nitrogens with one attached hydrogen (secondary N) is 2. The molecular formula is C18H15N5O4. The Hall–Kier alpha value is -3.88. The zero-order valence-corrected chi connectivity index (χ0v) is 14.0. The number of rotatable bonds is 6. The number of anilines is 3. The normalized spacial score (nSPS) is 11.9. The van der Waals surface area contributed by atoms with E-state index in [4.69, 9.17) is 14.6 Å². The highest BCUT2D eigenvalue weighted by Crippen LogP contribution is 2.35. The molecule has 27 heavy (non-hydrogen) atoms. The van der Waals surface area contributed by atoms with E-state index < -0.39 is 5.97 Å². The van der Waals surface area contributed by atoms with Crippen molar-refractivity contribution in [3.63, 3.8) is 0 Å². The lowest BCUT2D eigenvalue weighted by molar-refractivity contribution is -0.134. The van der Waals surface area contributed by atoms with Crippen LogP contribution in [-0.2, 0) is 4.79 Å². The Bertz CT molecular complexity index is 981. The molecule has 0 saturated heterocycles. The number of hydrogen-bond acceptors (Lipinski definition) is 8. The molecule has 0 radical (unpaired) electrons. The monoisotopic (exact) mass is 365 g/mol. The van der Waals surface area contributed by atoms with Gasteiger partial charge in [0.25, 0.3) is 0 Å². The summed E-state index contributed by atoms with van der Waals surface area (Å²) in [5, 5.41) is 14.8. The third-order valence-electron chi connectivity index (χ3n) is 3.74. The predicted molar refractivity (Wildman–Crippen MR) is 97.2 cm³/mol. The average molecular weight is 365 g/mol. The van der Waals surface area contributed by atoms with E-state index in [1.807, 2.05) is 18.2 Å². The van der Waals surface area contributed by atoms with Crippen molar-refractivity contribution in [2.75, 3.05) is 24.0 Å². The SMILES string of the molecule is O=C(O)CNc1nc(Nc2ccc3c(c2)OCO3)cc(-c2ccncc2)n1. The number of carbonyl (C=O) groups is 1. The molecule has 0 amide bonds. The zero-order valence-electron chi connectivity index (χ0n) is 14.0. The van der Waals surface area contributed by atoms with Crippen molar-refractivity contribution in [2.24, 2.45) is 0 Å². The highest BCUT2D eigenvalue weighted by atomic mass is 16.7. The minimum atomic E-state index is -1.00. The molecule has 0 aliphatic carbocycles. The second-order valence-electron chi connectivity index (χ2n) is 5.64. The predicted octanol–water partition coefficient (Wildman–Crippen LogP) is 2.51. The van der Waals surface area contributed by atoms with E-state index in [2.05, 4.69) is 25.6 Å². The summed E-state index contributed by atoms with van der Waals surface area (Å²) in [5.41, 5.74) is 2.21. The van der Waals surface area contributed by atoms with Gasteiger partial charge in [-0.05, 0) is 24.3 Å². The first-order valence-corrected chi connectivity index (χ1v) is 8.09. The van der Waals surface area contributed by atoms with E-state index in [9.17, 15) is 4.79 Å². The number of carboxylic acids is 1. The molecule has 9 heteroatoms. The molecule has 3 heterocycles. The number of fused-ring (bicyclic) bond motifs is 1. The van der Waals surface area contributed by atoms with Crippen LogP contribution in [0.5, 0.6) is 11.5 Å². The number of benzene rings is 1. The van der Waals surface area contributed by atoms with Gasteiger partial charge in [-0.15, -0.1) is 0 Å². The van der Waals surface area contributed by atoms with Gasteiger partial charge in [-0.2, -0.15) is 4.98 Å². The molecule has 9 nitrogen and oxygen atoms in total. The van der Waals surface area contributed by atoms with Crippen LogP contribution in [0.3, 0.4) is 0 Å². The van der Waals surface area contributed by atoms with Crippen LogP contribution in [0.1, 0.15) is 0 Å². The van der Waals surface area contributed by atoms with Crippen molar-refractivity contribution >= 4 is 23.4 Å². The van der Waals surface area contributed by atoms with E-state index in [-0.39, 0.29) is 19.3 Å². The van der Waals surface area contributed by atoms with Gasteiger partial charge in [0.2, 0.25) is 12.7 Å². The third kappa shape index (κ3) is 3.87. The van der Waals surface area contributed by atoms with Crippen molar-refractivity contribution < 1.29 is 19.4 Å². The fourth-order valence-corrected chi connectivity index (χ4v) is 2.54. The van der Waals surface area contributed by atoms with Crippen LogP contribution in [0.4, 0.5) is 17.5 Å². The number of aliphatic carboxylic acids is 1. The fraction of sp³-hybridized carbons (Fsp3) is 0.111. The molecule has 3 aromatic rings. The molecule has 0 bridgehead atoms. The molecule has 3 N–H and O–H groups in total. The number of carboxylic acid groups (broad SMARTS) is 1. The second-order valence-corrected chi connectivity index (χ2v) is 5.64. The summed E-state index contributed by atoms with van der Waals surface area (Å²) in [6.07, 6.45) is 3.32. The summed E-state index contributed by atoms with van der Waals surface area (Å²) in [6, 6.07) is 10.8. The summed E-state index contributed by atoms with van der Waals surface area (Å²) >= 11 is 0. The lowest BCUT2D eigenvalue weighted by atomic mass is 10.2. The molecule has 0 fully saturated rings. The Balaban J connectivity index is 1.66. The van der Waals surface area contributed by atoms with Gasteiger partial charge in [-0.3, -0.25) is 9.78 Å². The van der Waals surface area contributed by atoms with Gasteiger partial charge in [0.05, 0.1) is 5.69 Å². The molecule has 4 rings (SSSR count). The summed E-state index contributed by atoms with van der Waals surface area (Å²) in [6.45, 7) is -0.0923. The Morgan fingerprint density at radius 3 is 2.70 bits per heavy atom. The maximum atomic E-state index is 10.8. The minimum Gasteiger partial charge on any atom is -0.480 e. The van der Waals surface area contributed by atoms with Crippen LogP contribution in [0.2, 0.25) is 0 Å². The summed E-state index contributed by atoms with van der Waals surface area (Å²) < 4.78 is 10.7. The Kier molecular flexibility index (Phi) is 4.40. The molecule has 2 aromatic heterocycles. The van der Waals surface area contributed by atoms with Gasteiger partial charge in [0.15, 0.2) is 11.5 Å². The van der Waals surface area contributed by atoms with Crippen molar-refractivity contribution in [1.29, 1.82) is 0 Å². The van der Waals surface area contributed by atoms with Crippen LogP contribution in [-0.4, -0.2) is 39.4 Å². The maximum Gasteiger partial charge on any atom is 0.322 e. The molecule has 0 saturated carbocycles. The number of ether oxygens (including phenoxy) is 2. The van der Waals surface area contributed by atoms with E-state index in [1.165, 1.54) is 0 Å². The first-order valence-electron chi connectivity index (χ1n) is 8.09. The van der Waals surface area contributed by atoms with Crippen LogP contribution in [0.25, 0.3) is 11.3 Å². The van der Waals surface area contributed by atoms with Crippen LogP contribution >= 0.6 is 0 Å². The summed E-state index contributed by atoms with van der Waals surface area (Å²) in [4.78, 5) is 23.6. The third-order valence-corrected chi connectivity index (χ3v) is 3.74. The Morgan fingerprint density at radius 1 is 1.07 bits per heavy atom. The van der Waals surface area contributed by atoms with Gasteiger partial charge < -0.3 is 25.2 Å². The van der Waals surface area contributed by atoms with Gasteiger partial charge in [0, 0.05) is 35.8 Å². The number of pyridine rings is 1. The zero-order chi connectivity index (χ0) is 18.6. The highest BCUT2D eigenvalue weighted by Gasteiger charge is 2.14. The quantitative estimate of drug-likeness (QED) is 0.605. The van der Waals surface area contributed by atoms with Crippen molar-refractivity contribution in [1.82, 2.24) is 15.0 Å². The molecule has 1 aliphatic heterocycles. The first kappa shape index (κ1) is 16.6. The van der Waals surface area contributed by atoms with Crippen molar-refractivity contribution in [3.8, 4) is 22.8 Å².